The fourth-order valence-electron chi connectivity index (χ4n) is 1.83. The first-order valence-electron chi connectivity index (χ1n) is 6.11. The third-order valence-electron chi connectivity index (χ3n) is 2.97. The second-order valence-corrected chi connectivity index (χ2v) is 5.59. The SMILES string of the molecule is CSc1ccc(CCC(=O)c2ccc(Cl)cc2)cc1. The van der Waals surface area contributed by atoms with Gasteiger partial charge >= 0.3 is 0 Å². The van der Waals surface area contributed by atoms with Crippen LogP contribution in [-0.2, 0) is 6.42 Å². The average Bonchev–Trinajstić information content (AvgIpc) is 2.46. The Morgan fingerprint density at radius 1 is 1.05 bits per heavy atom. The third kappa shape index (κ3) is 4.12. The van der Waals surface area contributed by atoms with Crippen molar-refractivity contribution in [3.63, 3.8) is 0 Å². The summed E-state index contributed by atoms with van der Waals surface area (Å²) >= 11 is 7.53. The molecule has 3 heteroatoms. The molecule has 0 unspecified atom stereocenters. The van der Waals surface area contributed by atoms with Crippen molar-refractivity contribution in [2.24, 2.45) is 0 Å². The van der Waals surface area contributed by atoms with E-state index in [9.17, 15) is 4.79 Å². The lowest BCUT2D eigenvalue weighted by molar-refractivity contribution is 0.0983. The Morgan fingerprint density at radius 3 is 2.26 bits per heavy atom. The molecule has 19 heavy (non-hydrogen) atoms. The molecule has 0 N–H and O–H groups in total. The number of carbonyl (C=O) groups is 1. The van der Waals surface area contributed by atoms with Crippen molar-refractivity contribution in [1.82, 2.24) is 0 Å². The zero-order valence-corrected chi connectivity index (χ0v) is 12.3. The number of benzene rings is 2. The molecule has 0 atom stereocenters. The largest absolute Gasteiger partial charge is 0.294 e. The van der Waals surface area contributed by atoms with E-state index >= 15 is 0 Å². The fraction of sp³-hybridized carbons (Fsp3) is 0.188. The van der Waals surface area contributed by atoms with Crippen LogP contribution in [0.25, 0.3) is 0 Å². The van der Waals surface area contributed by atoms with E-state index in [-0.39, 0.29) is 5.78 Å². The Morgan fingerprint density at radius 2 is 1.68 bits per heavy atom. The topological polar surface area (TPSA) is 17.1 Å². The van der Waals surface area contributed by atoms with Gasteiger partial charge in [0, 0.05) is 21.9 Å². The highest BCUT2D eigenvalue weighted by Crippen LogP contribution is 2.17. The number of hydrogen-bond donors (Lipinski definition) is 0. The molecule has 0 aliphatic heterocycles. The first kappa shape index (κ1) is 14.2. The standard InChI is InChI=1S/C16H15ClOS/c1-19-15-9-2-12(3-10-15)4-11-16(18)13-5-7-14(17)8-6-13/h2-3,5-10H,4,11H2,1H3. The van der Waals surface area contributed by atoms with E-state index in [2.05, 4.69) is 30.5 Å². The number of halogens is 1. The molecule has 0 aromatic heterocycles. The highest BCUT2D eigenvalue weighted by Gasteiger charge is 2.06. The summed E-state index contributed by atoms with van der Waals surface area (Å²) < 4.78 is 0. The summed E-state index contributed by atoms with van der Waals surface area (Å²) in [5, 5.41) is 0.657. The molecular weight excluding hydrogens is 276 g/mol. The predicted octanol–water partition coefficient (Wildman–Crippen LogP) is 4.88. The van der Waals surface area contributed by atoms with E-state index in [0.717, 1.165) is 12.0 Å². The Hall–Kier alpha value is -1.25. The van der Waals surface area contributed by atoms with Gasteiger partial charge in [-0.2, -0.15) is 0 Å². The van der Waals surface area contributed by atoms with Crippen LogP contribution < -0.4 is 0 Å². The van der Waals surface area contributed by atoms with Gasteiger partial charge in [-0.1, -0.05) is 23.7 Å². The molecule has 2 aromatic carbocycles. The molecule has 0 aliphatic carbocycles. The number of aryl methyl sites for hydroxylation is 1. The van der Waals surface area contributed by atoms with Crippen LogP contribution in [0, 0.1) is 0 Å². The van der Waals surface area contributed by atoms with Crippen LogP contribution in [0.1, 0.15) is 22.3 Å². The Labute approximate surface area is 123 Å². The summed E-state index contributed by atoms with van der Waals surface area (Å²) in [5.74, 6) is 0.158. The summed E-state index contributed by atoms with van der Waals surface area (Å²) in [5.41, 5.74) is 1.92. The maximum absolute atomic E-state index is 12.0. The van der Waals surface area contributed by atoms with Crippen LogP contribution in [0.4, 0.5) is 0 Å². The molecule has 2 rings (SSSR count). The summed E-state index contributed by atoms with van der Waals surface area (Å²) in [4.78, 5) is 13.2. The van der Waals surface area contributed by atoms with E-state index in [1.165, 1.54) is 10.5 Å². The van der Waals surface area contributed by atoms with Gasteiger partial charge in [-0.3, -0.25) is 4.79 Å². The smallest absolute Gasteiger partial charge is 0.163 e. The van der Waals surface area contributed by atoms with Crippen molar-refractivity contribution in [1.29, 1.82) is 0 Å². The molecule has 0 spiro atoms. The van der Waals surface area contributed by atoms with Crippen LogP contribution in [-0.4, -0.2) is 12.0 Å². The molecule has 98 valence electrons. The second kappa shape index (κ2) is 6.78. The van der Waals surface area contributed by atoms with Crippen molar-refractivity contribution >= 4 is 29.1 Å². The van der Waals surface area contributed by atoms with E-state index < -0.39 is 0 Å². The number of ketones is 1. The van der Waals surface area contributed by atoms with Crippen molar-refractivity contribution in [3.05, 3.63) is 64.7 Å². The molecule has 0 radical (unpaired) electrons. The van der Waals surface area contributed by atoms with Crippen LogP contribution >= 0.6 is 23.4 Å². The zero-order valence-electron chi connectivity index (χ0n) is 10.7. The summed E-state index contributed by atoms with van der Waals surface area (Å²) in [6.45, 7) is 0. The molecule has 1 nitrogen and oxygen atoms in total. The van der Waals surface area contributed by atoms with Gasteiger partial charge in [0.1, 0.15) is 0 Å². The summed E-state index contributed by atoms with van der Waals surface area (Å²) in [6.07, 6.45) is 3.36. The minimum absolute atomic E-state index is 0.158. The van der Waals surface area contributed by atoms with Gasteiger partial charge in [0.25, 0.3) is 0 Å². The number of hydrogen-bond acceptors (Lipinski definition) is 2. The highest BCUT2D eigenvalue weighted by molar-refractivity contribution is 7.98. The quantitative estimate of drug-likeness (QED) is 0.577. The van der Waals surface area contributed by atoms with Crippen molar-refractivity contribution in [2.45, 2.75) is 17.7 Å². The van der Waals surface area contributed by atoms with Crippen LogP contribution in [0.5, 0.6) is 0 Å². The molecule has 0 heterocycles. The molecule has 2 aromatic rings. The number of Topliss-reactive ketones (excluding diaryl/α,β-unsaturated/α-hetero) is 1. The van der Waals surface area contributed by atoms with E-state index in [4.69, 9.17) is 11.6 Å². The fourth-order valence-corrected chi connectivity index (χ4v) is 2.36. The first-order chi connectivity index (χ1) is 9.19. The van der Waals surface area contributed by atoms with E-state index in [0.29, 0.717) is 11.4 Å². The second-order valence-electron chi connectivity index (χ2n) is 4.28. The molecule has 0 amide bonds. The summed E-state index contributed by atoms with van der Waals surface area (Å²) in [7, 11) is 0. The minimum Gasteiger partial charge on any atom is -0.294 e. The number of thioether (sulfide) groups is 1. The number of rotatable bonds is 5. The normalized spacial score (nSPS) is 10.4. The van der Waals surface area contributed by atoms with Gasteiger partial charge in [0.2, 0.25) is 0 Å². The predicted molar refractivity (Wildman–Crippen MR) is 82.3 cm³/mol. The van der Waals surface area contributed by atoms with Gasteiger partial charge in [0.05, 0.1) is 0 Å². The maximum Gasteiger partial charge on any atom is 0.163 e. The lowest BCUT2D eigenvalue weighted by Crippen LogP contribution is -2.00. The van der Waals surface area contributed by atoms with Gasteiger partial charge in [-0.15, -0.1) is 11.8 Å². The Kier molecular flexibility index (Phi) is 5.06. The van der Waals surface area contributed by atoms with Gasteiger partial charge < -0.3 is 0 Å². The monoisotopic (exact) mass is 290 g/mol. The van der Waals surface area contributed by atoms with Crippen molar-refractivity contribution < 1.29 is 4.79 Å². The van der Waals surface area contributed by atoms with Gasteiger partial charge in [0.15, 0.2) is 5.78 Å². The van der Waals surface area contributed by atoms with Crippen LogP contribution in [0.2, 0.25) is 5.02 Å². The lowest BCUT2D eigenvalue weighted by atomic mass is 10.0. The third-order valence-corrected chi connectivity index (χ3v) is 3.96. The maximum atomic E-state index is 12.0. The average molecular weight is 291 g/mol. The van der Waals surface area contributed by atoms with Gasteiger partial charge in [-0.25, -0.2) is 0 Å². The first-order valence-corrected chi connectivity index (χ1v) is 7.71. The lowest BCUT2D eigenvalue weighted by Gasteiger charge is -2.03. The van der Waals surface area contributed by atoms with E-state index in [1.807, 2.05) is 0 Å². The number of carbonyl (C=O) groups excluding carboxylic acids is 1. The molecule has 0 bridgehead atoms. The minimum atomic E-state index is 0.158. The van der Waals surface area contributed by atoms with Crippen LogP contribution in [0.3, 0.4) is 0 Å². The van der Waals surface area contributed by atoms with Crippen molar-refractivity contribution in [3.8, 4) is 0 Å². The van der Waals surface area contributed by atoms with E-state index in [1.54, 1.807) is 36.0 Å². The Bertz CT molecular complexity index is 546. The molecule has 0 saturated carbocycles. The molecule has 0 aliphatic rings. The molecule has 0 saturated heterocycles. The van der Waals surface area contributed by atoms with Crippen LogP contribution in [0.15, 0.2) is 53.4 Å². The summed E-state index contributed by atoms with van der Waals surface area (Å²) in [6, 6.07) is 15.4. The zero-order chi connectivity index (χ0) is 13.7. The molecule has 0 fully saturated rings. The Balaban J connectivity index is 1.94. The highest BCUT2D eigenvalue weighted by atomic mass is 35.5. The molecular formula is C16H15ClOS. The van der Waals surface area contributed by atoms with Crippen molar-refractivity contribution in [2.75, 3.05) is 6.26 Å². The van der Waals surface area contributed by atoms with Gasteiger partial charge in [-0.05, 0) is 54.6 Å².